The van der Waals surface area contributed by atoms with E-state index in [0.717, 1.165) is 38.5 Å². The van der Waals surface area contributed by atoms with E-state index in [1.54, 1.807) is 0 Å². The molecular weight excluding hydrogens is 521 g/mol. The first-order valence-electron chi connectivity index (χ1n) is 15.5. The zero-order valence-electron chi connectivity index (χ0n) is 24.9. The third-order valence-corrected chi connectivity index (χ3v) is 7.48. The van der Waals surface area contributed by atoms with Crippen LogP contribution in [0, 0.1) is 0 Å². The lowest BCUT2D eigenvalue weighted by atomic mass is 10.0. The van der Waals surface area contributed by atoms with Gasteiger partial charge in [0.25, 0.3) is 0 Å². The highest BCUT2D eigenvalue weighted by molar-refractivity contribution is 7.47. The predicted molar refractivity (Wildman–Crippen MR) is 155 cm³/mol. The maximum Gasteiger partial charge on any atom is 0.472 e. The fourth-order valence-corrected chi connectivity index (χ4v) is 4.93. The predicted octanol–water partition coefficient (Wildman–Crippen LogP) is 7.38. The van der Waals surface area contributed by atoms with Gasteiger partial charge in [0.15, 0.2) is 6.10 Å². The van der Waals surface area contributed by atoms with E-state index in [9.17, 15) is 19.0 Å². The molecule has 0 saturated carbocycles. The van der Waals surface area contributed by atoms with E-state index >= 15 is 0 Å². The number of rotatable bonds is 29. The lowest BCUT2D eigenvalue weighted by Crippen LogP contribution is -2.29. The third kappa shape index (κ3) is 27.0. The molecule has 1 unspecified atom stereocenters. The van der Waals surface area contributed by atoms with E-state index in [-0.39, 0.29) is 38.6 Å². The van der Waals surface area contributed by atoms with Crippen LogP contribution in [-0.2, 0) is 32.7 Å². The van der Waals surface area contributed by atoms with Crippen molar-refractivity contribution >= 4 is 19.8 Å². The Bertz CT molecular complexity index is 634. The molecule has 39 heavy (non-hydrogen) atoms. The van der Waals surface area contributed by atoms with Gasteiger partial charge in [0.1, 0.15) is 6.61 Å². The molecule has 0 aliphatic rings. The minimum atomic E-state index is -4.35. The maximum absolute atomic E-state index is 12.4. The zero-order chi connectivity index (χ0) is 29.0. The molecule has 0 aromatic heterocycles. The summed E-state index contributed by atoms with van der Waals surface area (Å²) in [6, 6.07) is 0. The quantitative estimate of drug-likeness (QED) is 0.0529. The standard InChI is InChI=1S/C29H58NO8P/c1-3-5-7-9-11-12-13-14-15-16-18-20-22-29(32)38-27(26-37-39(33,34)36-24-23-30)25-35-28(31)21-19-17-10-8-6-4-2/h27H,3-26,30H2,1-2H3,(H,33,34)/t27-/m1/s1. The highest BCUT2D eigenvalue weighted by Gasteiger charge is 2.25. The highest BCUT2D eigenvalue weighted by atomic mass is 31.2. The van der Waals surface area contributed by atoms with Crippen molar-refractivity contribution in [3.8, 4) is 0 Å². The minimum Gasteiger partial charge on any atom is -0.462 e. The molecule has 0 spiro atoms. The maximum atomic E-state index is 12.4. The molecule has 0 saturated heterocycles. The van der Waals surface area contributed by atoms with Gasteiger partial charge in [-0.2, -0.15) is 0 Å². The summed E-state index contributed by atoms with van der Waals surface area (Å²) in [6.45, 7) is 3.63. The first kappa shape index (κ1) is 38.0. The van der Waals surface area contributed by atoms with Crippen molar-refractivity contribution in [3.63, 3.8) is 0 Å². The van der Waals surface area contributed by atoms with Crippen LogP contribution in [0.15, 0.2) is 0 Å². The summed E-state index contributed by atoms with van der Waals surface area (Å²) in [6.07, 6.45) is 20.2. The summed E-state index contributed by atoms with van der Waals surface area (Å²) in [5, 5.41) is 0. The summed E-state index contributed by atoms with van der Waals surface area (Å²) in [4.78, 5) is 34.2. The van der Waals surface area contributed by atoms with Crippen LogP contribution in [0.4, 0.5) is 0 Å². The average Bonchev–Trinajstić information content (AvgIpc) is 2.91. The van der Waals surface area contributed by atoms with Gasteiger partial charge in [0.2, 0.25) is 0 Å². The van der Waals surface area contributed by atoms with Gasteiger partial charge in [-0.3, -0.25) is 18.6 Å². The SMILES string of the molecule is CCCCCCCCCCCCCCC(=O)O[C@H](COC(=O)CCCCCCCC)COP(=O)(O)OCCN. The third-order valence-electron chi connectivity index (χ3n) is 6.49. The second kappa shape index (κ2) is 27.2. The summed E-state index contributed by atoms with van der Waals surface area (Å²) >= 11 is 0. The van der Waals surface area contributed by atoms with Gasteiger partial charge in [-0.15, -0.1) is 0 Å². The van der Waals surface area contributed by atoms with E-state index in [1.165, 1.54) is 70.6 Å². The first-order chi connectivity index (χ1) is 18.8. The Hall–Kier alpha value is -0.990. The second-order valence-corrected chi connectivity index (χ2v) is 11.8. The van der Waals surface area contributed by atoms with Crippen molar-refractivity contribution in [1.82, 2.24) is 0 Å². The van der Waals surface area contributed by atoms with Crippen molar-refractivity contribution in [2.24, 2.45) is 5.73 Å². The Balaban J connectivity index is 4.28. The highest BCUT2D eigenvalue weighted by Crippen LogP contribution is 2.43. The molecule has 0 heterocycles. The molecule has 3 N–H and O–H groups in total. The molecule has 0 aromatic rings. The summed E-state index contributed by atoms with van der Waals surface area (Å²) in [5.41, 5.74) is 5.29. The monoisotopic (exact) mass is 579 g/mol. The number of phosphoric ester groups is 1. The van der Waals surface area contributed by atoms with Crippen molar-refractivity contribution in [3.05, 3.63) is 0 Å². The Morgan fingerprint density at radius 3 is 1.56 bits per heavy atom. The number of ether oxygens (including phenoxy) is 2. The Morgan fingerprint density at radius 2 is 1.10 bits per heavy atom. The van der Waals surface area contributed by atoms with Crippen LogP contribution in [0.5, 0.6) is 0 Å². The second-order valence-electron chi connectivity index (χ2n) is 10.3. The van der Waals surface area contributed by atoms with Crippen LogP contribution in [0.25, 0.3) is 0 Å². The number of unbranched alkanes of at least 4 members (excludes halogenated alkanes) is 16. The Kier molecular flexibility index (Phi) is 26.5. The average molecular weight is 580 g/mol. The number of nitrogens with two attached hydrogens (primary N) is 1. The van der Waals surface area contributed by atoms with Gasteiger partial charge in [-0.1, -0.05) is 117 Å². The van der Waals surface area contributed by atoms with Gasteiger partial charge in [0.05, 0.1) is 13.2 Å². The number of carbonyl (C=O) groups is 2. The summed E-state index contributed by atoms with van der Waals surface area (Å²) in [5.74, 6) is -0.836. The molecule has 0 aliphatic carbocycles. The lowest BCUT2D eigenvalue weighted by molar-refractivity contribution is -0.161. The number of hydrogen-bond donors (Lipinski definition) is 2. The molecule has 0 rings (SSSR count). The summed E-state index contributed by atoms with van der Waals surface area (Å²) in [7, 11) is -4.35. The zero-order valence-corrected chi connectivity index (χ0v) is 25.8. The minimum absolute atomic E-state index is 0.0570. The van der Waals surface area contributed by atoms with E-state index in [1.807, 2.05) is 0 Å². The van der Waals surface area contributed by atoms with Crippen molar-refractivity contribution in [2.75, 3.05) is 26.4 Å². The molecular formula is C29H58NO8P. The van der Waals surface area contributed by atoms with Crippen LogP contribution in [0.2, 0.25) is 0 Å². The number of hydrogen-bond acceptors (Lipinski definition) is 8. The van der Waals surface area contributed by atoms with Gasteiger partial charge in [0, 0.05) is 19.4 Å². The molecule has 2 atom stereocenters. The van der Waals surface area contributed by atoms with Gasteiger partial charge >= 0.3 is 19.8 Å². The molecule has 232 valence electrons. The first-order valence-corrected chi connectivity index (χ1v) is 17.0. The van der Waals surface area contributed by atoms with Crippen molar-refractivity contribution in [1.29, 1.82) is 0 Å². The molecule has 0 aliphatic heterocycles. The van der Waals surface area contributed by atoms with E-state index in [4.69, 9.17) is 24.3 Å². The normalized spacial score (nSPS) is 13.6. The topological polar surface area (TPSA) is 134 Å². The van der Waals surface area contributed by atoms with Gasteiger partial charge < -0.3 is 20.1 Å². The number of esters is 2. The van der Waals surface area contributed by atoms with E-state index < -0.39 is 26.5 Å². The molecule has 10 heteroatoms. The van der Waals surface area contributed by atoms with Crippen molar-refractivity contribution < 1.29 is 37.6 Å². The molecule has 0 bridgehead atoms. The van der Waals surface area contributed by atoms with Crippen molar-refractivity contribution in [2.45, 2.75) is 148 Å². The van der Waals surface area contributed by atoms with Crippen LogP contribution in [0.1, 0.15) is 142 Å². The fourth-order valence-electron chi connectivity index (χ4n) is 4.16. The largest absolute Gasteiger partial charge is 0.472 e. The fraction of sp³-hybridized carbons (Fsp3) is 0.931. The van der Waals surface area contributed by atoms with E-state index in [2.05, 4.69) is 13.8 Å². The van der Waals surface area contributed by atoms with Crippen LogP contribution in [0.3, 0.4) is 0 Å². The van der Waals surface area contributed by atoms with Crippen LogP contribution >= 0.6 is 7.82 Å². The molecule has 0 aromatic carbocycles. The van der Waals surface area contributed by atoms with Gasteiger partial charge in [-0.05, 0) is 12.8 Å². The molecule has 0 fully saturated rings. The van der Waals surface area contributed by atoms with Crippen LogP contribution in [-0.4, -0.2) is 49.3 Å². The van der Waals surface area contributed by atoms with Crippen LogP contribution < -0.4 is 5.73 Å². The Labute approximate surface area is 237 Å². The van der Waals surface area contributed by atoms with E-state index in [0.29, 0.717) is 6.42 Å². The molecule has 0 amide bonds. The summed E-state index contributed by atoms with van der Waals surface area (Å²) < 4.78 is 32.3. The molecule has 9 nitrogen and oxygen atoms in total. The lowest BCUT2D eigenvalue weighted by Gasteiger charge is -2.19. The molecule has 0 radical (unpaired) electrons. The number of phosphoric acid groups is 1. The smallest absolute Gasteiger partial charge is 0.462 e. The number of carbonyl (C=O) groups excluding carboxylic acids is 2. The van der Waals surface area contributed by atoms with Gasteiger partial charge in [-0.25, -0.2) is 4.57 Å². The Morgan fingerprint density at radius 1 is 0.667 bits per heavy atom.